The van der Waals surface area contributed by atoms with Gasteiger partial charge in [-0.05, 0) is 19.1 Å². The van der Waals surface area contributed by atoms with Crippen molar-refractivity contribution in [1.29, 1.82) is 0 Å². The Bertz CT molecular complexity index is 557. The maximum Gasteiger partial charge on any atom is 0.200 e. The highest BCUT2D eigenvalue weighted by atomic mass is 79.9. The van der Waals surface area contributed by atoms with Gasteiger partial charge < -0.3 is 4.74 Å². The van der Waals surface area contributed by atoms with E-state index < -0.39 is 11.6 Å². The fraction of sp³-hybridized carbons (Fsp3) is 0.250. The van der Waals surface area contributed by atoms with Crippen LogP contribution in [0.25, 0.3) is 0 Å². The molecule has 0 radical (unpaired) electrons. The van der Waals surface area contributed by atoms with Crippen LogP contribution in [-0.2, 0) is 13.2 Å². The van der Waals surface area contributed by atoms with Crippen LogP contribution < -0.4 is 4.74 Å². The number of nitrogens with zero attached hydrogens (tertiary/aromatic N) is 2. The highest BCUT2D eigenvalue weighted by Gasteiger charge is 2.11. The minimum atomic E-state index is -0.985. The molecular weight excluding hydrogens is 306 g/mol. The number of rotatable bonds is 4. The van der Waals surface area contributed by atoms with E-state index in [0.717, 1.165) is 18.2 Å². The first-order valence-electron chi connectivity index (χ1n) is 5.39. The zero-order valence-electron chi connectivity index (χ0n) is 9.66. The zero-order valence-corrected chi connectivity index (χ0v) is 11.2. The molecule has 0 spiro atoms. The molecule has 6 heteroatoms. The van der Waals surface area contributed by atoms with Gasteiger partial charge in [-0.2, -0.15) is 9.49 Å². The first-order valence-corrected chi connectivity index (χ1v) is 6.18. The summed E-state index contributed by atoms with van der Waals surface area (Å²) in [7, 11) is 0. The summed E-state index contributed by atoms with van der Waals surface area (Å²) in [5, 5.41) is 4.06. The van der Waals surface area contributed by atoms with Crippen LogP contribution >= 0.6 is 15.9 Å². The van der Waals surface area contributed by atoms with Crippen LogP contribution in [0, 0.1) is 11.6 Å². The van der Waals surface area contributed by atoms with Crippen molar-refractivity contribution in [1.82, 2.24) is 9.78 Å². The largest absolute Gasteiger partial charge is 0.486 e. The summed E-state index contributed by atoms with van der Waals surface area (Å²) in [4.78, 5) is 0. The van der Waals surface area contributed by atoms with Crippen LogP contribution in [0.15, 0.2) is 29.0 Å². The average molecular weight is 317 g/mol. The number of halogens is 3. The van der Waals surface area contributed by atoms with Gasteiger partial charge in [0, 0.05) is 22.8 Å². The normalized spacial score (nSPS) is 10.7. The van der Waals surface area contributed by atoms with E-state index in [4.69, 9.17) is 4.74 Å². The molecule has 0 aliphatic heterocycles. The monoisotopic (exact) mass is 316 g/mol. The van der Waals surface area contributed by atoms with E-state index >= 15 is 0 Å². The van der Waals surface area contributed by atoms with Gasteiger partial charge in [-0.3, -0.25) is 4.68 Å². The van der Waals surface area contributed by atoms with Crippen molar-refractivity contribution in [3.63, 3.8) is 0 Å². The van der Waals surface area contributed by atoms with Gasteiger partial charge in [-0.25, -0.2) is 4.39 Å². The molecule has 1 aromatic heterocycles. The van der Waals surface area contributed by atoms with Crippen LogP contribution in [0.5, 0.6) is 5.75 Å². The van der Waals surface area contributed by atoms with Gasteiger partial charge in [0.2, 0.25) is 5.82 Å². The van der Waals surface area contributed by atoms with E-state index in [1.165, 1.54) is 6.07 Å². The third-order valence-corrected chi connectivity index (χ3v) is 2.82. The summed E-state index contributed by atoms with van der Waals surface area (Å²) in [5.41, 5.74) is 0.802. The third kappa shape index (κ3) is 2.87. The van der Waals surface area contributed by atoms with Gasteiger partial charge >= 0.3 is 0 Å². The zero-order chi connectivity index (χ0) is 13.1. The Hall–Kier alpha value is -1.43. The van der Waals surface area contributed by atoms with Crippen LogP contribution in [0.1, 0.15) is 12.5 Å². The molecule has 0 amide bonds. The number of ether oxygens (including phenoxy) is 1. The summed E-state index contributed by atoms with van der Waals surface area (Å²) in [5.74, 6) is -2.05. The molecule has 0 aliphatic rings. The van der Waals surface area contributed by atoms with E-state index in [-0.39, 0.29) is 12.4 Å². The molecule has 0 saturated carbocycles. The van der Waals surface area contributed by atoms with Gasteiger partial charge in [0.1, 0.15) is 6.61 Å². The molecule has 0 unspecified atom stereocenters. The molecule has 1 aromatic carbocycles. The van der Waals surface area contributed by atoms with E-state index in [9.17, 15) is 8.78 Å². The van der Waals surface area contributed by atoms with Crippen LogP contribution in [0.3, 0.4) is 0 Å². The predicted molar refractivity (Wildman–Crippen MR) is 66.3 cm³/mol. The molecule has 0 fully saturated rings. The van der Waals surface area contributed by atoms with E-state index in [2.05, 4.69) is 21.0 Å². The standard InChI is InChI=1S/C12H11BrF2N2O/c1-2-17-6-8(5-16-17)7-18-11-4-9(13)3-10(14)12(11)15/h3-6H,2,7H2,1H3. The lowest BCUT2D eigenvalue weighted by molar-refractivity contribution is 0.284. The topological polar surface area (TPSA) is 27.1 Å². The lowest BCUT2D eigenvalue weighted by atomic mass is 10.3. The Balaban J connectivity index is 2.10. The van der Waals surface area contributed by atoms with Crippen molar-refractivity contribution in [2.45, 2.75) is 20.1 Å². The number of aromatic nitrogens is 2. The lowest BCUT2D eigenvalue weighted by Crippen LogP contribution is -1.98. The van der Waals surface area contributed by atoms with Gasteiger partial charge in [0.15, 0.2) is 11.6 Å². The Morgan fingerprint density at radius 3 is 2.83 bits per heavy atom. The van der Waals surface area contributed by atoms with Crippen LogP contribution in [-0.4, -0.2) is 9.78 Å². The molecule has 0 saturated heterocycles. The Kier molecular flexibility index (Phi) is 3.96. The van der Waals surface area contributed by atoms with Crippen LogP contribution in [0.4, 0.5) is 8.78 Å². The second kappa shape index (κ2) is 5.48. The molecule has 0 bridgehead atoms. The van der Waals surface area contributed by atoms with Gasteiger partial charge in [0.05, 0.1) is 6.20 Å². The summed E-state index contributed by atoms with van der Waals surface area (Å²) in [6.45, 7) is 2.85. The van der Waals surface area contributed by atoms with Crippen molar-refractivity contribution < 1.29 is 13.5 Å². The second-order valence-corrected chi connectivity index (χ2v) is 4.61. The number of aryl methyl sites for hydroxylation is 1. The SMILES string of the molecule is CCn1cc(COc2cc(Br)cc(F)c2F)cn1. The van der Waals surface area contributed by atoms with Crippen molar-refractivity contribution in [2.75, 3.05) is 0 Å². The molecule has 0 N–H and O–H groups in total. The number of hydrogen-bond acceptors (Lipinski definition) is 2. The van der Waals surface area contributed by atoms with Crippen molar-refractivity contribution >= 4 is 15.9 Å². The van der Waals surface area contributed by atoms with E-state index in [1.54, 1.807) is 17.1 Å². The van der Waals surface area contributed by atoms with Gasteiger partial charge in [-0.1, -0.05) is 15.9 Å². The molecule has 3 nitrogen and oxygen atoms in total. The van der Waals surface area contributed by atoms with E-state index in [1.807, 2.05) is 6.92 Å². The van der Waals surface area contributed by atoms with Crippen molar-refractivity contribution in [3.05, 3.63) is 46.2 Å². The second-order valence-electron chi connectivity index (χ2n) is 3.69. The Labute approximate surface area is 112 Å². The molecule has 2 rings (SSSR count). The fourth-order valence-corrected chi connectivity index (χ4v) is 1.86. The first-order chi connectivity index (χ1) is 8.60. The predicted octanol–water partition coefficient (Wildman–Crippen LogP) is 3.52. The quantitative estimate of drug-likeness (QED) is 0.807. The minimum absolute atomic E-state index is 0.119. The molecule has 0 atom stereocenters. The summed E-state index contributed by atoms with van der Waals surface area (Å²) in [6.07, 6.45) is 3.43. The molecule has 18 heavy (non-hydrogen) atoms. The average Bonchev–Trinajstić information content (AvgIpc) is 2.80. The third-order valence-electron chi connectivity index (χ3n) is 2.36. The fourth-order valence-electron chi connectivity index (χ4n) is 1.45. The van der Waals surface area contributed by atoms with Crippen molar-refractivity contribution in [3.8, 4) is 5.75 Å². The Morgan fingerprint density at radius 2 is 2.17 bits per heavy atom. The van der Waals surface area contributed by atoms with Crippen LogP contribution in [0.2, 0.25) is 0 Å². The van der Waals surface area contributed by atoms with Gasteiger partial charge in [-0.15, -0.1) is 0 Å². The minimum Gasteiger partial charge on any atom is -0.486 e. The van der Waals surface area contributed by atoms with E-state index in [0.29, 0.717) is 4.47 Å². The number of benzene rings is 1. The lowest BCUT2D eigenvalue weighted by Gasteiger charge is -2.07. The molecule has 96 valence electrons. The first kappa shape index (κ1) is 13.0. The summed E-state index contributed by atoms with van der Waals surface area (Å²) < 4.78 is 33.9. The molecular formula is C12H11BrF2N2O. The highest BCUT2D eigenvalue weighted by molar-refractivity contribution is 9.10. The highest BCUT2D eigenvalue weighted by Crippen LogP contribution is 2.25. The molecule has 2 aromatic rings. The Morgan fingerprint density at radius 1 is 1.39 bits per heavy atom. The summed E-state index contributed by atoms with van der Waals surface area (Å²) >= 11 is 3.09. The molecule has 1 heterocycles. The maximum absolute atomic E-state index is 13.4. The molecule has 0 aliphatic carbocycles. The van der Waals surface area contributed by atoms with Crippen molar-refractivity contribution in [2.24, 2.45) is 0 Å². The van der Waals surface area contributed by atoms with Gasteiger partial charge in [0.25, 0.3) is 0 Å². The summed E-state index contributed by atoms with van der Waals surface area (Å²) in [6, 6.07) is 2.44. The number of hydrogen-bond donors (Lipinski definition) is 0. The smallest absolute Gasteiger partial charge is 0.200 e. The maximum atomic E-state index is 13.4.